The molecule has 1 aromatic rings. The molecule has 2 fully saturated rings. The molecule has 0 aliphatic carbocycles. The van der Waals surface area contributed by atoms with Gasteiger partial charge in [-0.15, -0.1) is 0 Å². The molecule has 2 aliphatic heterocycles. The summed E-state index contributed by atoms with van der Waals surface area (Å²) in [5.74, 6) is 0. The van der Waals surface area contributed by atoms with Crippen molar-refractivity contribution in [1.29, 1.82) is 0 Å². The van der Waals surface area contributed by atoms with E-state index in [0.29, 0.717) is 6.04 Å². The summed E-state index contributed by atoms with van der Waals surface area (Å²) >= 11 is 0. The lowest BCUT2D eigenvalue weighted by molar-refractivity contribution is 0.121. The average Bonchev–Trinajstić information content (AvgIpc) is 2.49. The van der Waals surface area contributed by atoms with Crippen molar-refractivity contribution >= 4 is 0 Å². The van der Waals surface area contributed by atoms with Crippen molar-refractivity contribution in [2.75, 3.05) is 19.6 Å². The number of hydrogen-bond donors (Lipinski definition) is 1. The monoisotopic (exact) mass is 244 g/mol. The molecule has 1 N–H and O–H groups in total. The van der Waals surface area contributed by atoms with Crippen LogP contribution in [0.3, 0.4) is 0 Å². The number of benzene rings is 1. The van der Waals surface area contributed by atoms with E-state index in [-0.39, 0.29) is 0 Å². The highest BCUT2D eigenvalue weighted by molar-refractivity contribution is 5.19. The first-order valence-corrected chi connectivity index (χ1v) is 7.46. The van der Waals surface area contributed by atoms with Crippen LogP contribution < -0.4 is 5.32 Å². The third-order valence-corrected chi connectivity index (χ3v) is 4.49. The maximum Gasteiger partial charge on any atom is 0.0335 e. The quantitative estimate of drug-likeness (QED) is 0.860. The molecule has 2 heterocycles. The van der Waals surface area contributed by atoms with Crippen molar-refractivity contribution in [3.63, 3.8) is 0 Å². The van der Waals surface area contributed by atoms with E-state index >= 15 is 0 Å². The Labute approximate surface area is 110 Å². The van der Waals surface area contributed by atoms with Gasteiger partial charge in [0, 0.05) is 12.1 Å². The van der Waals surface area contributed by atoms with Gasteiger partial charge in [0.1, 0.15) is 0 Å². The Kier molecular flexibility index (Phi) is 3.96. The molecule has 2 aliphatic rings. The Morgan fingerprint density at radius 3 is 2.56 bits per heavy atom. The molecule has 0 spiro atoms. The number of nitrogens with zero attached hydrogens (tertiary/aromatic N) is 1. The first-order valence-electron chi connectivity index (χ1n) is 7.46. The topological polar surface area (TPSA) is 15.3 Å². The van der Waals surface area contributed by atoms with Crippen LogP contribution in [0.1, 0.15) is 43.7 Å². The molecule has 98 valence electrons. The lowest BCUT2D eigenvalue weighted by atomic mass is 9.92. The van der Waals surface area contributed by atoms with Gasteiger partial charge < -0.3 is 10.2 Å². The van der Waals surface area contributed by atoms with Crippen molar-refractivity contribution in [2.45, 2.75) is 44.2 Å². The first-order chi connectivity index (χ1) is 8.93. The zero-order valence-electron chi connectivity index (χ0n) is 11.1. The van der Waals surface area contributed by atoms with E-state index in [1.165, 1.54) is 57.3 Å². The van der Waals surface area contributed by atoms with Crippen LogP contribution in [0, 0.1) is 0 Å². The Morgan fingerprint density at radius 1 is 1.00 bits per heavy atom. The molecule has 0 aromatic heterocycles. The van der Waals surface area contributed by atoms with E-state index in [4.69, 9.17) is 0 Å². The van der Waals surface area contributed by atoms with Gasteiger partial charge in [-0.1, -0.05) is 36.8 Å². The minimum absolute atomic E-state index is 0.562. The van der Waals surface area contributed by atoms with Gasteiger partial charge in [0.15, 0.2) is 0 Å². The summed E-state index contributed by atoms with van der Waals surface area (Å²) in [7, 11) is 0. The number of hydrogen-bond acceptors (Lipinski definition) is 2. The Balaban J connectivity index is 1.64. The third kappa shape index (κ3) is 2.76. The number of piperidine rings is 2. The van der Waals surface area contributed by atoms with Gasteiger partial charge in [-0.3, -0.25) is 0 Å². The fourth-order valence-corrected chi connectivity index (χ4v) is 3.45. The summed E-state index contributed by atoms with van der Waals surface area (Å²) in [6.07, 6.45) is 6.84. The van der Waals surface area contributed by atoms with Crippen LogP contribution in [0.4, 0.5) is 0 Å². The Bertz CT molecular complexity index is 357. The van der Waals surface area contributed by atoms with E-state index in [1.54, 1.807) is 0 Å². The van der Waals surface area contributed by atoms with E-state index in [2.05, 4.69) is 40.5 Å². The molecule has 2 saturated heterocycles. The molecular weight excluding hydrogens is 220 g/mol. The molecular formula is C16H24N2. The van der Waals surface area contributed by atoms with E-state index in [1.807, 2.05) is 0 Å². The van der Waals surface area contributed by atoms with Crippen LogP contribution in [0.25, 0.3) is 0 Å². The SMILES string of the molecule is c1ccc(C2CC(N3CCCCC3)CCN2)cc1. The summed E-state index contributed by atoms with van der Waals surface area (Å²) in [6, 6.07) is 12.3. The van der Waals surface area contributed by atoms with Gasteiger partial charge in [0.25, 0.3) is 0 Å². The van der Waals surface area contributed by atoms with E-state index in [0.717, 1.165) is 6.04 Å². The second-order valence-corrected chi connectivity index (χ2v) is 5.69. The molecule has 3 rings (SSSR count). The molecule has 0 saturated carbocycles. The van der Waals surface area contributed by atoms with E-state index < -0.39 is 0 Å². The highest BCUT2D eigenvalue weighted by atomic mass is 15.2. The minimum Gasteiger partial charge on any atom is -0.310 e. The second kappa shape index (κ2) is 5.85. The maximum absolute atomic E-state index is 3.68. The minimum atomic E-state index is 0.562. The second-order valence-electron chi connectivity index (χ2n) is 5.69. The third-order valence-electron chi connectivity index (χ3n) is 4.49. The summed E-state index contributed by atoms with van der Waals surface area (Å²) in [4.78, 5) is 2.74. The van der Waals surface area contributed by atoms with Crippen LogP contribution in [-0.4, -0.2) is 30.6 Å². The molecule has 2 heteroatoms. The van der Waals surface area contributed by atoms with E-state index in [9.17, 15) is 0 Å². The molecule has 0 bridgehead atoms. The smallest absolute Gasteiger partial charge is 0.0335 e. The van der Waals surface area contributed by atoms with Crippen molar-refractivity contribution in [1.82, 2.24) is 10.2 Å². The van der Waals surface area contributed by atoms with Gasteiger partial charge in [0.2, 0.25) is 0 Å². The predicted octanol–water partition coefficient (Wildman–Crippen LogP) is 2.97. The molecule has 0 radical (unpaired) electrons. The number of likely N-dealkylation sites (tertiary alicyclic amines) is 1. The van der Waals surface area contributed by atoms with Gasteiger partial charge in [-0.05, 0) is 50.9 Å². The van der Waals surface area contributed by atoms with Crippen LogP contribution in [-0.2, 0) is 0 Å². The van der Waals surface area contributed by atoms with Gasteiger partial charge in [-0.25, -0.2) is 0 Å². The highest BCUT2D eigenvalue weighted by Gasteiger charge is 2.27. The first kappa shape index (κ1) is 12.2. The van der Waals surface area contributed by atoms with Crippen molar-refractivity contribution in [3.05, 3.63) is 35.9 Å². The average molecular weight is 244 g/mol. The molecule has 2 atom stereocenters. The summed E-state index contributed by atoms with van der Waals surface area (Å²) in [6.45, 7) is 3.82. The van der Waals surface area contributed by atoms with Crippen LogP contribution in [0.5, 0.6) is 0 Å². The fourth-order valence-electron chi connectivity index (χ4n) is 3.45. The Hall–Kier alpha value is -0.860. The summed E-state index contributed by atoms with van der Waals surface area (Å²) < 4.78 is 0. The lowest BCUT2D eigenvalue weighted by Crippen LogP contribution is -2.46. The lowest BCUT2D eigenvalue weighted by Gasteiger charge is -2.40. The normalized spacial score (nSPS) is 30.2. The standard InChI is InChI=1S/C16H24N2/c1-3-7-14(8-4-1)16-13-15(9-10-17-16)18-11-5-2-6-12-18/h1,3-4,7-8,15-17H,2,5-6,9-13H2. The largest absolute Gasteiger partial charge is 0.310 e. The predicted molar refractivity (Wildman–Crippen MR) is 75.6 cm³/mol. The zero-order valence-corrected chi connectivity index (χ0v) is 11.1. The highest BCUT2D eigenvalue weighted by Crippen LogP contribution is 2.27. The van der Waals surface area contributed by atoms with Gasteiger partial charge >= 0.3 is 0 Å². The van der Waals surface area contributed by atoms with Crippen molar-refractivity contribution < 1.29 is 0 Å². The Morgan fingerprint density at radius 2 is 1.78 bits per heavy atom. The van der Waals surface area contributed by atoms with Crippen LogP contribution >= 0.6 is 0 Å². The summed E-state index contributed by atoms with van der Waals surface area (Å²) in [5.41, 5.74) is 1.46. The number of rotatable bonds is 2. The van der Waals surface area contributed by atoms with Crippen molar-refractivity contribution in [3.8, 4) is 0 Å². The molecule has 1 aromatic carbocycles. The molecule has 18 heavy (non-hydrogen) atoms. The fraction of sp³-hybridized carbons (Fsp3) is 0.625. The maximum atomic E-state index is 3.68. The van der Waals surface area contributed by atoms with Crippen LogP contribution in [0.2, 0.25) is 0 Å². The molecule has 2 nitrogen and oxygen atoms in total. The zero-order chi connectivity index (χ0) is 12.2. The van der Waals surface area contributed by atoms with Gasteiger partial charge in [-0.2, -0.15) is 0 Å². The van der Waals surface area contributed by atoms with Gasteiger partial charge in [0.05, 0.1) is 0 Å². The number of nitrogens with one attached hydrogen (secondary N) is 1. The molecule has 2 unspecified atom stereocenters. The summed E-state index contributed by atoms with van der Waals surface area (Å²) in [5, 5.41) is 3.68. The molecule has 0 amide bonds. The van der Waals surface area contributed by atoms with Crippen molar-refractivity contribution in [2.24, 2.45) is 0 Å². The van der Waals surface area contributed by atoms with Crippen LogP contribution in [0.15, 0.2) is 30.3 Å².